The molecule has 0 saturated carbocycles. The van der Waals surface area contributed by atoms with Gasteiger partial charge in [-0.25, -0.2) is 0 Å². The van der Waals surface area contributed by atoms with Crippen molar-refractivity contribution in [3.05, 3.63) is 42.2 Å². The van der Waals surface area contributed by atoms with Gasteiger partial charge in [-0.3, -0.25) is 9.97 Å². The maximum absolute atomic E-state index is 5.04. The molecule has 2 aromatic heterocycles. The molecule has 0 radical (unpaired) electrons. The first-order chi connectivity index (χ1) is 7.29. The first-order valence-corrected chi connectivity index (χ1v) is 4.72. The van der Waals surface area contributed by atoms with E-state index in [4.69, 9.17) is 4.74 Å². The van der Waals surface area contributed by atoms with Crippen molar-refractivity contribution < 1.29 is 4.74 Å². The highest BCUT2D eigenvalue weighted by Crippen LogP contribution is 2.17. The van der Waals surface area contributed by atoms with E-state index >= 15 is 0 Å². The number of hydrogen-bond acceptors (Lipinski definition) is 3. The summed E-state index contributed by atoms with van der Waals surface area (Å²) in [6.07, 6.45) is 3.53. The number of methoxy groups -OCH3 is 1. The number of nitrogens with zero attached hydrogens (tertiary/aromatic N) is 2. The Hall–Kier alpha value is -1.90. The van der Waals surface area contributed by atoms with Crippen molar-refractivity contribution in [2.24, 2.45) is 0 Å². The highest BCUT2D eigenvalue weighted by molar-refractivity contribution is 5.54. The zero-order valence-electron chi connectivity index (χ0n) is 8.77. The van der Waals surface area contributed by atoms with Gasteiger partial charge in [0, 0.05) is 6.20 Å². The Kier molecular flexibility index (Phi) is 2.63. The molecule has 2 rings (SSSR count). The van der Waals surface area contributed by atoms with Crippen LogP contribution < -0.4 is 4.74 Å². The van der Waals surface area contributed by atoms with Crippen LogP contribution in [0.4, 0.5) is 0 Å². The zero-order valence-corrected chi connectivity index (χ0v) is 8.77. The average molecular weight is 200 g/mol. The van der Waals surface area contributed by atoms with Crippen LogP contribution in [0, 0.1) is 6.92 Å². The summed E-state index contributed by atoms with van der Waals surface area (Å²) in [5.74, 6) is 0.755. The summed E-state index contributed by atoms with van der Waals surface area (Å²) in [5.41, 5.74) is 2.88. The molecule has 0 aliphatic rings. The minimum absolute atomic E-state index is 0.755. The predicted molar refractivity (Wildman–Crippen MR) is 58.8 cm³/mol. The molecule has 3 nitrogen and oxygen atoms in total. The third-order valence-electron chi connectivity index (χ3n) is 2.15. The van der Waals surface area contributed by atoms with Crippen LogP contribution in [0.1, 0.15) is 5.56 Å². The van der Waals surface area contributed by atoms with Crippen molar-refractivity contribution in [2.45, 2.75) is 6.92 Å². The average Bonchev–Trinajstić information content (AvgIpc) is 2.30. The Labute approximate surface area is 88.8 Å². The Balaban J connectivity index is 2.33. The topological polar surface area (TPSA) is 35.0 Å². The summed E-state index contributed by atoms with van der Waals surface area (Å²) < 4.78 is 5.04. The molecule has 2 aromatic rings. The van der Waals surface area contributed by atoms with Gasteiger partial charge in [-0.2, -0.15) is 0 Å². The summed E-state index contributed by atoms with van der Waals surface area (Å²) in [6.45, 7) is 2.01. The van der Waals surface area contributed by atoms with E-state index < -0.39 is 0 Å². The van der Waals surface area contributed by atoms with Gasteiger partial charge < -0.3 is 4.74 Å². The molecule has 0 atom stereocenters. The van der Waals surface area contributed by atoms with Crippen LogP contribution in [-0.4, -0.2) is 17.1 Å². The summed E-state index contributed by atoms with van der Waals surface area (Å²) in [4.78, 5) is 8.56. The van der Waals surface area contributed by atoms with Gasteiger partial charge in [-0.15, -0.1) is 0 Å². The lowest BCUT2D eigenvalue weighted by molar-refractivity contribution is 0.413. The highest BCUT2D eigenvalue weighted by Gasteiger charge is 2.00. The van der Waals surface area contributed by atoms with Gasteiger partial charge in [0.2, 0.25) is 0 Å². The van der Waals surface area contributed by atoms with Crippen molar-refractivity contribution in [1.29, 1.82) is 0 Å². The first kappa shape index (κ1) is 9.65. The van der Waals surface area contributed by atoms with Crippen LogP contribution in [0.5, 0.6) is 5.75 Å². The maximum atomic E-state index is 5.04. The Morgan fingerprint density at radius 3 is 2.07 bits per heavy atom. The molecule has 0 bridgehead atoms. The fourth-order valence-electron chi connectivity index (χ4n) is 1.27. The molecule has 0 amide bonds. The molecule has 0 unspecified atom stereocenters. The molecular weight excluding hydrogens is 188 g/mol. The van der Waals surface area contributed by atoms with Crippen LogP contribution in [0.25, 0.3) is 11.4 Å². The SMILES string of the molecule is COc1ccc(-c2ccc(C)cn2)nc1. The van der Waals surface area contributed by atoms with Gasteiger partial charge in [0.1, 0.15) is 5.75 Å². The maximum Gasteiger partial charge on any atom is 0.137 e. The zero-order chi connectivity index (χ0) is 10.7. The molecule has 0 saturated heterocycles. The largest absolute Gasteiger partial charge is 0.495 e. The van der Waals surface area contributed by atoms with Crippen LogP contribution in [-0.2, 0) is 0 Å². The van der Waals surface area contributed by atoms with E-state index in [1.807, 2.05) is 37.4 Å². The molecule has 0 spiro atoms. The molecule has 0 fully saturated rings. The molecule has 3 heteroatoms. The molecule has 0 N–H and O–H groups in total. The lowest BCUT2D eigenvalue weighted by atomic mass is 10.2. The minimum atomic E-state index is 0.755. The third-order valence-corrected chi connectivity index (χ3v) is 2.15. The first-order valence-electron chi connectivity index (χ1n) is 4.72. The summed E-state index contributed by atoms with van der Waals surface area (Å²) in [5, 5.41) is 0. The quantitative estimate of drug-likeness (QED) is 0.747. The van der Waals surface area contributed by atoms with Crippen LogP contribution in [0.15, 0.2) is 36.7 Å². The van der Waals surface area contributed by atoms with Crippen molar-refractivity contribution >= 4 is 0 Å². The van der Waals surface area contributed by atoms with E-state index in [1.54, 1.807) is 13.3 Å². The Bertz CT molecular complexity index is 434. The lowest BCUT2D eigenvalue weighted by Crippen LogP contribution is -1.89. The van der Waals surface area contributed by atoms with Gasteiger partial charge in [-0.05, 0) is 30.7 Å². The van der Waals surface area contributed by atoms with E-state index in [2.05, 4.69) is 9.97 Å². The van der Waals surface area contributed by atoms with E-state index in [1.165, 1.54) is 0 Å². The van der Waals surface area contributed by atoms with Crippen molar-refractivity contribution in [3.63, 3.8) is 0 Å². The van der Waals surface area contributed by atoms with Crippen LogP contribution >= 0.6 is 0 Å². The second-order valence-electron chi connectivity index (χ2n) is 3.30. The van der Waals surface area contributed by atoms with Crippen LogP contribution in [0.2, 0.25) is 0 Å². The summed E-state index contributed by atoms with van der Waals surface area (Å²) >= 11 is 0. The molecular formula is C12H12N2O. The molecule has 15 heavy (non-hydrogen) atoms. The monoisotopic (exact) mass is 200 g/mol. The van der Waals surface area contributed by atoms with E-state index in [0.717, 1.165) is 22.7 Å². The second-order valence-corrected chi connectivity index (χ2v) is 3.30. The number of rotatable bonds is 2. The third kappa shape index (κ3) is 2.13. The van der Waals surface area contributed by atoms with Gasteiger partial charge in [0.25, 0.3) is 0 Å². The fraction of sp³-hybridized carbons (Fsp3) is 0.167. The number of hydrogen-bond donors (Lipinski definition) is 0. The van der Waals surface area contributed by atoms with Gasteiger partial charge >= 0.3 is 0 Å². The number of aromatic nitrogens is 2. The smallest absolute Gasteiger partial charge is 0.137 e. The molecule has 76 valence electrons. The van der Waals surface area contributed by atoms with Crippen molar-refractivity contribution in [1.82, 2.24) is 9.97 Å². The second kappa shape index (κ2) is 4.09. The lowest BCUT2D eigenvalue weighted by Gasteiger charge is -2.02. The van der Waals surface area contributed by atoms with Gasteiger partial charge in [-0.1, -0.05) is 6.07 Å². The van der Waals surface area contributed by atoms with Crippen molar-refractivity contribution in [2.75, 3.05) is 7.11 Å². The van der Waals surface area contributed by atoms with E-state index in [-0.39, 0.29) is 0 Å². The molecule has 0 aliphatic heterocycles. The molecule has 0 aliphatic carbocycles. The van der Waals surface area contributed by atoms with Gasteiger partial charge in [0.15, 0.2) is 0 Å². The highest BCUT2D eigenvalue weighted by atomic mass is 16.5. The Morgan fingerprint density at radius 2 is 1.60 bits per heavy atom. The summed E-state index contributed by atoms with van der Waals surface area (Å²) in [7, 11) is 1.63. The van der Waals surface area contributed by atoms with E-state index in [0.29, 0.717) is 0 Å². The predicted octanol–water partition coefficient (Wildman–Crippen LogP) is 2.46. The van der Waals surface area contributed by atoms with Crippen LogP contribution in [0.3, 0.4) is 0 Å². The fourth-order valence-corrected chi connectivity index (χ4v) is 1.27. The van der Waals surface area contributed by atoms with Crippen molar-refractivity contribution in [3.8, 4) is 17.1 Å². The standard InChI is InChI=1S/C12H12N2O/c1-9-3-5-11(13-7-9)12-6-4-10(15-2)8-14-12/h3-8H,1-2H3. The van der Waals surface area contributed by atoms with E-state index in [9.17, 15) is 0 Å². The number of ether oxygens (including phenoxy) is 1. The molecule has 2 heterocycles. The molecule has 0 aromatic carbocycles. The normalized spacial score (nSPS) is 10.0. The summed E-state index contributed by atoms with van der Waals surface area (Å²) in [6, 6.07) is 7.76. The number of aryl methyl sites for hydroxylation is 1. The Morgan fingerprint density at radius 1 is 0.933 bits per heavy atom. The minimum Gasteiger partial charge on any atom is -0.495 e. The number of pyridine rings is 2. The van der Waals surface area contributed by atoms with Gasteiger partial charge in [0.05, 0.1) is 24.7 Å².